The van der Waals surface area contributed by atoms with Crippen molar-refractivity contribution in [1.29, 1.82) is 0 Å². The molecule has 0 saturated carbocycles. The molecule has 21 heavy (non-hydrogen) atoms. The lowest BCUT2D eigenvalue weighted by atomic mass is 10.2. The average molecular weight is 308 g/mol. The molecule has 0 radical (unpaired) electrons. The second kappa shape index (κ2) is 6.82. The number of nitrogen functional groups attached to an aromatic ring is 1. The van der Waals surface area contributed by atoms with Crippen LogP contribution in [-0.4, -0.2) is 47.3 Å². The number of thiophene rings is 1. The van der Waals surface area contributed by atoms with E-state index >= 15 is 0 Å². The Bertz CT molecular complexity index is 628. The van der Waals surface area contributed by atoms with Gasteiger partial charge >= 0.3 is 0 Å². The number of amides is 1. The molecule has 0 aliphatic rings. The Morgan fingerprint density at radius 1 is 1.57 bits per heavy atom. The minimum atomic E-state index is -0.0677. The van der Waals surface area contributed by atoms with Crippen LogP contribution in [0.1, 0.15) is 29.9 Å². The minimum absolute atomic E-state index is 0.0677. The molecular weight excluding hydrogens is 288 g/mol. The van der Waals surface area contributed by atoms with Crippen molar-refractivity contribution in [2.75, 3.05) is 26.0 Å². The van der Waals surface area contributed by atoms with Crippen LogP contribution in [0.15, 0.2) is 12.3 Å². The molecule has 1 atom stereocenters. The van der Waals surface area contributed by atoms with Gasteiger partial charge in [-0.2, -0.15) is 5.10 Å². The number of rotatable bonds is 6. The number of carbonyl (C=O) groups is 1. The molecule has 2 aromatic rings. The highest BCUT2D eigenvalue weighted by Crippen LogP contribution is 2.32. The van der Waals surface area contributed by atoms with Gasteiger partial charge in [-0.3, -0.25) is 4.79 Å². The van der Waals surface area contributed by atoms with E-state index in [9.17, 15) is 4.79 Å². The minimum Gasteiger partial charge on any atom is -0.397 e. The van der Waals surface area contributed by atoms with Gasteiger partial charge in [-0.05, 0) is 19.4 Å². The fourth-order valence-corrected chi connectivity index (χ4v) is 3.09. The van der Waals surface area contributed by atoms with Gasteiger partial charge in [0.1, 0.15) is 9.71 Å². The van der Waals surface area contributed by atoms with Crippen molar-refractivity contribution in [2.24, 2.45) is 0 Å². The van der Waals surface area contributed by atoms with Crippen molar-refractivity contribution in [3.8, 4) is 0 Å². The molecule has 1 unspecified atom stereocenters. The van der Waals surface area contributed by atoms with E-state index in [0.717, 1.165) is 11.8 Å². The summed E-state index contributed by atoms with van der Waals surface area (Å²) in [5, 5.41) is 8.64. The molecule has 0 bridgehead atoms. The van der Waals surface area contributed by atoms with E-state index in [2.05, 4.69) is 17.1 Å². The summed E-state index contributed by atoms with van der Waals surface area (Å²) in [7, 11) is 1.63. The van der Waals surface area contributed by atoms with Gasteiger partial charge < -0.3 is 15.4 Å². The zero-order valence-electron chi connectivity index (χ0n) is 12.5. The van der Waals surface area contributed by atoms with E-state index in [1.165, 1.54) is 11.3 Å². The number of methoxy groups -OCH3 is 1. The van der Waals surface area contributed by atoms with Crippen LogP contribution in [0.4, 0.5) is 5.69 Å². The first-order valence-electron chi connectivity index (χ1n) is 6.89. The van der Waals surface area contributed by atoms with Crippen LogP contribution >= 0.6 is 11.3 Å². The lowest BCUT2D eigenvalue weighted by Gasteiger charge is -2.28. The number of hydrogen-bond acceptors (Lipinski definition) is 6. The first kappa shape index (κ1) is 15.7. The van der Waals surface area contributed by atoms with Gasteiger partial charge in [0.15, 0.2) is 0 Å². The third kappa shape index (κ3) is 3.14. The Balaban J connectivity index is 2.35. The topological polar surface area (TPSA) is 81.3 Å². The molecule has 0 fully saturated rings. The molecule has 2 N–H and O–H groups in total. The van der Waals surface area contributed by atoms with Crippen LogP contribution < -0.4 is 5.73 Å². The van der Waals surface area contributed by atoms with Crippen molar-refractivity contribution in [3.05, 3.63) is 17.1 Å². The molecule has 7 heteroatoms. The Kier molecular flexibility index (Phi) is 5.08. The Morgan fingerprint density at radius 2 is 2.33 bits per heavy atom. The van der Waals surface area contributed by atoms with E-state index in [0.29, 0.717) is 28.5 Å². The predicted octanol–water partition coefficient (Wildman–Crippen LogP) is 2.16. The van der Waals surface area contributed by atoms with Crippen LogP contribution in [-0.2, 0) is 4.74 Å². The first-order chi connectivity index (χ1) is 10.1. The van der Waals surface area contributed by atoms with E-state index in [1.54, 1.807) is 24.3 Å². The maximum Gasteiger partial charge on any atom is 0.266 e. The summed E-state index contributed by atoms with van der Waals surface area (Å²) < 4.78 is 5.10. The lowest BCUT2D eigenvalue weighted by molar-refractivity contribution is 0.0620. The second-order valence-corrected chi connectivity index (χ2v) is 5.84. The highest BCUT2D eigenvalue weighted by atomic mass is 32.1. The molecule has 2 aromatic heterocycles. The van der Waals surface area contributed by atoms with Gasteiger partial charge in [0, 0.05) is 25.1 Å². The van der Waals surface area contributed by atoms with Gasteiger partial charge in [0.05, 0.1) is 18.5 Å². The number of fused-ring (bicyclic) bond motifs is 1. The molecule has 0 aliphatic heterocycles. The van der Waals surface area contributed by atoms with Crippen molar-refractivity contribution < 1.29 is 9.53 Å². The molecule has 0 saturated heterocycles. The SMILES string of the molecule is CCC(C)N(CCOC)C(=O)c1sc2nnccc2c1N. The van der Waals surface area contributed by atoms with E-state index in [-0.39, 0.29) is 11.9 Å². The third-order valence-corrected chi connectivity index (χ3v) is 4.63. The summed E-state index contributed by atoms with van der Waals surface area (Å²) >= 11 is 1.29. The summed E-state index contributed by atoms with van der Waals surface area (Å²) in [4.78, 5) is 15.8. The lowest BCUT2D eigenvalue weighted by Crippen LogP contribution is -2.40. The van der Waals surface area contributed by atoms with Gasteiger partial charge in [-0.1, -0.05) is 6.92 Å². The highest BCUT2D eigenvalue weighted by molar-refractivity contribution is 7.21. The van der Waals surface area contributed by atoms with Crippen LogP contribution in [0.2, 0.25) is 0 Å². The van der Waals surface area contributed by atoms with Crippen molar-refractivity contribution in [2.45, 2.75) is 26.3 Å². The van der Waals surface area contributed by atoms with Gasteiger partial charge in [-0.25, -0.2) is 0 Å². The van der Waals surface area contributed by atoms with Crippen LogP contribution in [0, 0.1) is 0 Å². The highest BCUT2D eigenvalue weighted by Gasteiger charge is 2.25. The largest absolute Gasteiger partial charge is 0.397 e. The third-order valence-electron chi connectivity index (χ3n) is 3.53. The summed E-state index contributed by atoms with van der Waals surface area (Å²) in [5.41, 5.74) is 6.60. The second-order valence-electron chi connectivity index (χ2n) is 4.84. The zero-order valence-corrected chi connectivity index (χ0v) is 13.3. The maximum absolute atomic E-state index is 12.8. The summed E-state index contributed by atoms with van der Waals surface area (Å²) in [6.07, 6.45) is 2.46. The molecule has 114 valence electrons. The molecule has 1 amide bonds. The van der Waals surface area contributed by atoms with Gasteiger partial charge in [0.2, 0.25) is 0 Å². The van der Waals surface area contributed by atoms with E-state index < -0.39 is 0 Å². The van der Waals surface area contributed by atoms with Crippen molar-refractivity contribution in [1.82, 2.24) is 15.1 Å². The van der Waals surface area contributed by atoms with E-state index in [4.69, 9.17) is 10.5 Å². The monoisotopic (exact) mass is 308 g/mol. The molecule has 0 spiro atoms. The predicted molar refractivity (Wildman–Crippen MR) is 84.5 cm³/mol. The van der Waals surface area contributed by atoms with Crippen LogP contribution in [0.5, 0.6) is 0 Å². The molecule has 0 aromatic carbocycles. The molecule has 6 nitrogen and oxygen atoms in total. The Labute approximate surface area is 127 Å². The number of ether oxygens (including phenoxy) is 1. The first-order valence-corrected chi connectivity index (χ1v) is 7.71. The number of anilines is 1. The fourth-order valence-electron chi connectivity index (χ4n) is 2.09. The molecule has 0 aliphatic carbocycles. The normalized spacial score (nSPS) is 12.5. The summed E-state index contributed by atoms with van der Waals surface area (Å²) in [5.74, 6) is -0.0677. The number of hydrogen-bond donors (Lipinski definition) is 1. The number of nitrogens with two attached hydrogens (primary N) is 1. The quantitative estimate of drug-likeness (QED) is 0.884. The average Bonchev–Trinajstić information content (AvgIpc) is 2.84. The zero-order chi connectivity index (χ0) is 15.4. The maximum atomic E-state index is 12.8. The van der Waals surface area contributed by atoms with Crippen LogP contribution in [0.25, 0.3) is 10.2 Å². The molecule has 2 heterocycles. The van der Waals surface area contributed by atoms with Crippen molar-refractivity contribution >= 4 is 33.1 Å². The summed E-state index contributed by atoms with van der Waals surface area (Å²) in [6.45, 7) is 5.12. The standard InChI is InChI=1S/C14H20N4O2S/c1-4-9(2)18(7-8-20-3)14(19)12-11(15)10-5-6-16-17-13(10)21-12/h5-6,9H,4,7-8,15H2,1-3H3. The summed E-state index contributed by atoms with van der Waals surface area (Å²) in [6, 6.07) is 1.91. The number of carbonyl (C=O) groups excluding carboxylic acids is 1. The van der Waals surface area contributed by atoms with Gasteiger partial charge in [0.25, 0.3) is 5.91 Å². The molecular formula is C14H20N4O2S. The molecule has 2 rings (SSSR count). The smallest absolute Gasteiger partial charge is 0.266 e. The van der Waals surface area contributed by atoms with Crippen LogP contribution in [0.3, 0.4) is 0 Å². The van der Waals surface area contributed by atoms with Gasteiger partial charge in [-0.15, -0.1) is 16.4 Å². The fraction of sp³-hybridized carbons (Fsp3) is 0.500. The Hall–Kier alpha value is -1.73. The van der Waals surface area contributed by atoms with Crippen molar-refractivity contribution in [3.63, 3.8) is 0 Å². The Morgan fingerprint density at radius 3 is 2.95 bits per heavy atom. The van der Waals surface area contributed by atoms with E-state index in [1.807, 2.05) is 6.92 Å². The number of nitrogens with zero attached hydrogens (tertiary/aromatic N) is 3. The number of aromatic nitrogens is 2.